The Bertz CT molecular complexity index is 357. The third kappa shape index (κ3) is 4.05. The van der Waals surface area contributed by atoms with Crippen molar-refractivity contribution in [1.82, 2.24) is 4.98 Å². The predicted molar refractivity (Wildman–Crippen MR) is 73.4 cm³/mol. The zero-order valence-corrected chi connectivity index (χ0v) is 12.4. The first kappa shape index (κ1) is 14.6. The summed E-state index contributed by atoms with van der Waals surface area (Å²) in [6.45, 7) is 11.0. The van der Waals surface area contributed by atoms with Gasteiger partial charge in [-0.1, -0.05) is 6.92 Å². The molecule has 1 rings (SSSR count). The zero-order valence-electron chi connectivity index (χ0n) is 11.5. The Hall–Kier alpha value is -0.450. The van der Waals surface area contributed by atoms with Crippen molar-refractivity contribution in [2.75, 3.05) is 6.61 Å². The van der Waals surface area contributed by atoms with Crippen molar-refractivity contribution in [2.24, 2.45) is 5.73 Å². The van der Waals surface area contributed by atoms with Gasteiger partial charge in [0.15, 0.2) is 0 Å². The minimum absolute atomic E-state index is 0.209. The van der Waals surface area contributed by atoms with E-state index >= 15 is 0 Å². The number of thiazole rings is 1. The fourth-order valence-electron chi connectivity index (χ4n) is 1.73. The van der Waals surface area contributed by atoms with E-state index in [9.17, 15) is 0 Å². The Kier molecular flexibility index (Phi) is 4.69. The Morgan fingerprint density at radius 1 is 1.35 bits per heavy atom. The summed E-state index contributed by atoms with van der Waals surface area (Å²) in [6.07, 6.45) is 1.73. The van der Waals surface area contributed by atoms with Crippen LogP contribution in [0, 0.1) is 0 Å². The monoisotopic (exact) mass is 256 g/mol. The molecule has 0 saturated carbocycles. The highest BCUT2D eigenvalue weighted by atomic mass is 32.1. The molecule has 1 aromatic heterocycles. The second-order valence-corrected chi connectivity index (χ2v) is 6.18. The molecule has 0 radical (unpaired) electrons. The highest BCUT2D eigenvalue weighted by molar-refractivity contribution is 7.09. The van der Waals surface area contributed by atoms with E-state index in [-0.39, 0.29) is 11.1 Å². The van der Waals surface area contributed by atoms with E-state index in [2.05, 4.69) is 24.2 Å². The summed E-state index contributed by atoms with van der Waals surface area (Å²) in [4.78, 5) is 4.67. The van der Waals surface area contributed by atoms with Crippen LogP contribution >= 0.6 is 11.3 Å². The van der Waals surface area contributed by atoms with Crippen molar-refractivity contribution < 1.29 is 4.74 Å². The molecule has 98 valence electrons. The average Bonchev–Trinajstić information content (AvgIpc) is 2.64. The van der Waals surface area contributed by atoms with Crippen LogP contribution in [-0.2, 0) is 16.8 Å². The SMILES string of the molecule is CCOC(C)(CC)c1nc(CC(C)(C)N)cs1. The molecule has 0 aromatic carbocycles. The average molecular weight is 256 g/mol. The van der Waals surface area contributed by atoms with Gasteiger partial charge in [0, 0.05) is 23.9 Å². The molecule has 0 aliphatic rings. The molecule has 1 atom stereocenters. The molecule has 1 heterocycles. The lowest BCUT2D eigenvalue weighted by Gasteiger charge is -2.25. The van der Waals surface area contributed by atoms with Crippen molar-refractivity contribution in [3.8, 4) is 0 Å². The van der Waals surface area contributed by atoms with Crippen LogP contribution in [0.5, 0.6) is 0 Å². The Morgan fingerprint density at radius 3 is 2.47 bits per heavy atom. The molecule has 1 unspecified atom stereocenters. The maximum Gasteiger partial charge on any atom is 0.125 e. The van der Waals surface area contributed by atoms with Gasteiger partial charge in [-0.15, -0.1) is 11.3 Å². The van der Waals surface area contributed by atoms with Crippen LogP contribution < -0.4 is 5.73 Å². The number of nitrogens with zero attached hydrogens (tertiary/aromatic N) is 1. The molecule has 0 saturated heterocycles. The number of hydrogen-bond acceptors (Lipinski definition) is 4. The van der Waals surface area contributed by atoms with Crippen LogP contribution in [0.2, 0.25) is 0 Å². The highest BCUT2D eigenvalue weighted by Crippen LogP contribution is 2.31. The number of rotatable bonds is 6. The summed E-state index contributed by atoms with van der Waals surface area (Å²) in [5.41, 5.74) is 6.61. The van der Waals surface area contributed by atoms with Gasteiger partial charge in [0.1, 0.15) is 10.6 Å². The molecule has 1 aromatic rings. The zero-order chi connectivity index (χ0) is 13.1. The van der Waals surface area contributed by atoms with Crippen LogP contribution in [0.3, 0.4) is 0 Å². The summed E-state index contributed by atoms with van der Waals surface area (Å²) in [6, 6.07) is 0. The summed E-state index contributed by atoms with van der Waals surface area (Å²) >= 11 is 1.67. The predicted octanol–water partition coefficient (Wildman–Crippen LogP) is 3.08. The van der Waals surface area contributed by atoms with E-state index in [0.29, 0.717) is 6.61 Å². The second kappa shape index (κ2) is 5.46. The van der Waals surface area contributed by atoms with Gasteiger partial charge in [-0.25, -0.2) is 4.98 Å². The largest absolute Gasteiger partial charge is 0.368 e. The first-order valence-electron chi connectivity index (χ1n) is 6.18. The maximum absolute atomic E-state index is 6.01. The van der Waals surface area contributed by atoms with E-state index < -0.39 is 0 Å². The first-order valence-corrected chi connectivity index (χ1v) is 7.06. The molecule has 0 fully saturated rings. The summed E-state index contributed by atoms with van der Waals surface area (Å²) in [5, 5.41) is 3.15. The fraction of sp³-hybridized carbons (Fsp3) is 0.769. The topological polar surface area (TPSA) is 48.1 Å². The van der Waals surface area contributed by atoms with Crippen molar-refractivity contribution in [3.63, 3.8) is 0 Å². The van der Waals surface area contributed by atoms with E-state index in [1.807, 2.05) is 20.8 Å². The number of ether oxygens (including phenoxy) is 1. The Morgan fingerprint density at radius 2 is 2.00 bits per heavy atom. The normalized spacial score (nSPS) is 15.9. The molecule has 4 heteroatoms. The number of hydrogen-bond donors (Lipinski definition) is 1. The third-order valence-electron chi connectivity index (χ3n) is 2.78. The fourth-order valence-corrected chi connectivity index (χ4v) is 2.74. The van der Waals surface area contributed by atoms with Gasteiger partial charge in [0.05, 0.1) is 5.69 Å². The molecule has 17 heavy (non-hydrogen) atoms. The molecule has 0 aliphatic heterocycles. The minimum Gasteiger partial charge on any atom is -0.368 e. The molecule has 0 amide bonds. The molecular formula is C13H24N2OS. The van der Waals surface area contributed by atoms with E-state index in [0.717, 1.165) is 23.5 Å². The summed E-state index contributed by atoms with van der Waals surface area (Å²) in [5.74, 6) is 0. The lowest BCUT2D eigenvalue weighted by Crippen LogP contribution is -2.34. The van der Waals surface area contributed by atoms with Gasteiger partial charge in [0.2, 0.25) is 0 Å². The Labute approximate surface area is 108 Å². The lowest BCUT2D eigenvalue weighted by atomic mass is 10.0. The van der Waals surface area contributed by atoms with Gasteiger partial charge in [-0.05, 0) is 34.1 Å². The molecular weight excluding hydrogens is 232 g/mol. The third-order valence-corrected chi connectivity index (χ3v) is 3.91. The summed E-state index contributed by atoms with van der Waals surface area (Å²) in [7, 11) is 0. The van der Waals surface area contributed by atoms with E-state index in [4.69, 9.17) is 10.5 Å². The highest BCUT2D eigenvalue weighted by Gasteiger charge is 2.29. The van der Waals surface area contributed by atoms with Gasteiger partial charge >= 0.3 is 0 Å². The molecule has 3 nitrogen and oxygen atoms in total. The van der Waals surface area contributed by atoms with Crippen molar-refractivity contribution >= 4 is 11.3 Å². The van der Waals surface area contributed by atoms with Gasteiger partial charge < -0.3 is 10.5 Å². The van der Waals surface area contributed by atoms with E-state index in [1.54, 1.807) is 11.3 Å². The first-order chi connectivity index (χ1) is 7.80. The summed E-state index contributed by atoms with van der Waals surface area (Å²) < 4.78 is 5.82. The van der Waals surface area contributed by atoms with Crippen LogP contribution in [0.1, 0.15) is 51.7 Å². The number of nitrogens with two attached hydrogens (primary N) is 1. The van der Waals surface area contributed by atoms with Crippen molar-refractivity contribution in [1.29, 1.82) is 0 Å². The van der Waals surface area contributed by atoms with Crippen LogP contribution in [-0.4, -0.2) is 17.1 Å². The minimum atomic E-state index is -0.254. The smallest absolute Gasteiger partial charge is 0.125 e. The standard InChI is InChI=1S/C13H24N2OS/c1-6-13(5,16-7-2)11-15-10(9-17-11)8-12(3,4)14/h9H,6-8,14H2,1-5H3. The van der Waals surface area contributed by atoms with Crippen LogP contribution in [0.4, 0.5) is 0 Å². The Balaban J connectivity index is 2.86. The number of aromatic nitrogens is 1. The second-order valence-electron chi connectivity index (χ2n) is 5.33. The molecule has 0 aliphatic carbocycles. The van der Waals surface area contributed by atoms with Gasteiger partial charge in [0.25, 0.3) is 0 Å². The quantitative estimate of drug-likeness (QED) is 0.851. The van der Waals surface area contributed by atoms with Crippen LogP contribution in [0.25, 0.3) is 0 Å². The van der Waals surface area contributed by atoms with Crippen LogP contribution in [0.15, 0.2) is 5.38 Å². The molecule has 0 bridgehead atoms. The molecule has 2 N–H and O–H groups in total. The van der Waals surface area contributed by atoms with Crippen molar-refractivity contribution in [3.05, 3.63) is 16.1 Å². The van der Waals surface area contributed by atoms with E-state index in [1.165, 1.54) is 0 Å². The van der Waals surface area contributed by atoms with Gasteiger partial charge in [-0.3, -0.25) is 0 Å². The maximum atomic E-state index is 6.01. The molecule has 0 spiro atoms. The lowest BCUT2D eigenvalue weighted by molar-refractivity contribution is -0.0325. The van der Waals surface area contributed by atoms with Gasteiger partial charge in [-0.2, -0.15) is 0 Å². The van der Waals surface area contributed by atoms with Crippen molar-refractivity contribution in [2.45, 2.75) is 58.6 Å².